The number of alkyl halides is 2. The molecule has 0 amide bonds. The Morgan fingerprint density at radius 2 is 1.64 bits per heavy atom. The van der Waals surface area contributed by atoms with E-state index in [-0.39, 0.29) is 18.5 Å². The Kier molecular flexibility index (Phi) is 8.44. The summed E-state index contributed by atoms with van der Waals surface area (Å²) < 4.78 is 50.2. The minimum Gasteiger partial charge on any atom is -0.295 e. The average molecular weight is 342 g/mol. The molecule has 4 nitrogen and oxygen atoms in total. The van der Waals surface area contributed by atoms with Gasteiger partial charge in [-0.25, -0.2) is 17.2 Å². The Morgan fingerprint density at radius 3 is 1.95 bits per heavy atom. The van der Waals surface area contributed by atoms with E-state index in [2.05, 4.69) is 0 Å². The predicted molar refractivity (Wildman–Crippen MR) is 87.8 cm³/mol. The second-order valence-corrected chi connectivity index (χ2v) is 8.97. The lowest BCUT2D eigenvalue weighted by atomic mass is 9.88. The van der Waals surface area contributed by atoms with Crippen LogP contribution >= 0.6 is 0 Å². The van der Waals surface area contributed by atoms with E-state index < -0.39 is 22.0 Å². The number of rotatable bonds is 10. The van der Waals surface area contributed by atoms with Crippen molar-refractivity contribution in [1.82, 2.24) is 9.21 Å². The molecule has 0 N–H and O–H groups in total. The zero-order valence-electron chi connectivity index (χ0n) is 14.9. The maximum absolute atomic E-state index is 12.7. The van der Waals surface area contributed by atoms with Crippen LogP contribution in [-0.2, 0) is 10.0 Å². The van der Waals surface area contributed by atoms with Gasteiger partial charge in [0.05, 0.1) is 12.8 Å². The summed E-state index contributed by atoms with van der Waals surface area (Å²) >= 11 is 0. The van der Waals surface area contributed by atoms with Crippen LogP contribution in [0.25, 0.3) is 0 Å². The van der Waals surface area contributed by atoms with E-state index in [9.17, 15) is 17.2 Å². The van der Waals surface area contributed by atoms with Crippen molar-refractivity contribution in [3.63, 3.8) is 0 Å². The molecule has 22 heavy (non-hydrogen) atoms. The van der Waals surface area contributed by atoms with Crippen molar-refractivity contribution in [2.75, 3.05) is 26.4 Å². The van der Waals surface area contributed by atoms with E-state index in [4.69, 9.17) is 0 Å². The average Bonchev–Trinajstić information content (AvgIpc) is 2.33. The molecule has 0 bridgehead atoms. The van der Waals surface area contributed by atoms with Gasteiger partial charge in [-0.15, -0.1) is 0 Å². The fraction of sp³-hybridized carbons (Fsp3) is 1.00. The van der Waals surface area contributed by atoms with Crippen molar-refractivity contribution >= 4 is 10.0 Å². The molecular formula is C15H32F2N2O2S. The van der Waals surface area contributed by atoms with Gasteiger partial charge in [-0.1, -0.05) is 13.3 Å². The summed E-state index contributed by atoms with van der Waals surface area (Å²) in [4.78, 5) is 1.77. The van der Waals surface area contributed by atoms with Crippen LogP contribution in [0.4, 0.5) is 8.78 Å². The zero-order chi connectivity index (χ0) is 17.7. The van der Waals surface area contributed by atoms with Crippen LogP contribution < -0.4 is 0 Å². The number of nitrogens with zero attached hydrogens (tertiary/aromatic N) is 2. The van der Waals surface area contributed by atoms with Gasteiger partial charge in [-0.2, -0.15) is 4.31 Å². The number of sulfonamides is 1. The highest BCUT2D eigenvalue weighted by atomic mass is 32.2. The molecule has 0 aromatic heterocycles. The van der Waals surface area contributed by atoms with Crippen molar-refractivity contribution in [3.8, 4) is 0 Å². The first-order chi connectivity index (χ1) is 9.81. The van der Waals surface area contributed by atoms with Crippen LogP contribution in [0.5, 0.6) is 0 Å². The van der Waals surface area contributed by atoms with E-state index in [0.717, 1.165) is 6.42 Å². The van der Waals surface area contributed by atoms with Gasteiger partial charge >= 0.3 is 0 Å². The maximum Gasteiger partial charge on any atom is 0.251 e. The van der Waals surface area contributed by atoms with Crippen molar-refractivity contribution in [1.29, 1.82) is 0 Å². The molecule has 7 heteroatoms. The Morgan fingerprint density at radius 1 is 1.14 bits per heavy atom. The first-order valence-corrected chi connectivity index (χ1v) is 9.62. The van der Waals surface area contributed by atoms with Gasteiger partial charge in [0, 0.05) is 25.2 Å². The fourth-order valence-electron chi connectivity index (χ4n) is 2.63. The van der Waals surface area contributed by atoms with Crippen molar-refractivity contribution in [2.24, 2.45) is 5.92 Å². The van der Waals surface area contributed by atoms with Crippen LogP contribution in [0.15, 0.2) is 0 Å². The van der Waals surface area contributed by atoms with E-state index in [1.165, 1.54) is 10.6 Å². The highest BCUT2D eigenvalue weighted by Gasteiger charge is 2.33. The van der Waals surface area contributed by atoms with E-state index in [0.29, 0.717) is 13.0 Å². The molecule has 0 saturated carbocycles. The molecule has 0 rings (SSSR count). The van der Waals surface area contributed by atoms with Crippen LogP contribution in [-0.4, -0.2) is 62.0 Å². The second kappa shape index (κ2) is 8.55. The summed E-state index contributed by atoms with van der Waals surface area (Å²) in [6.45, 7) is 9.90. The third-order valence-electron chi connectivity index (χ3n) is 4.31. The van der Waals surface area contributed by atoms with Crippen LogP contribution in [0.2, 0.25) is 0 Å². The molecule has 0 heterocycles. The summed E-state index contributed by atoms with van der Waals surface area (Å²) in [6.07, 6.45) is 0.298. The first-order valence-electron chi connectivity index (χ1n) is 7.77. The highest BCUT2D eigenvalue weighted by molar-refractivity contribution is 7.88. The minimum absolute atomic E-state index is 0.0406. The topological polar surface area (TPSA) is 40.6 Å². The van der Waals surface area contributed by atoms with Gasteiger partial charge in [-0.05, 0) is 40.0 Å². The second-order valence-electron chi connectivity index (χ2n) is 6.96. The summed E-state index contributed by atoms with van der Waals surface area (Å²) in [5.41, 5.74) is -0.540. The van der Waals surface area contributed by atoms with Gasteiger partial charge < -0.3 is 0 Å². The number of hydrogen-bond acceptors (Lipinski definition) is 3. The zero-order valence-corrected chi connectivity index (χ0v) is 15.8. The Balaban J connectivity index is 4.97. The highest BCUT2D eigenvalue weighted by Crippen LogP contribution is 2.27. The van der Waals surface area contributed by atoms with Crippen LogP contribution in [0.1, 0.15) is 47.5 Å². The molecular weight excluding hydrogens is 310 g/mol. The van der Waals surface area contributed by atoms with Gasteiger partial charge in [0.1, 0.15) is 0 Å². The monoisotopic (exact) mass is 342 g/mol. The molecule has 0 aromatic rings. The lowest BCUT2D eigenvalue weighted by Gasteiger charge is -2.38. The van der Waals surface area contributed by atoms with Gasteiger partial charge in [0.25, 0.3) is 6.43 Å². The van der Waals surface area contributed by atoms with Crippen LogP contribution in [0, 0.1) is 5.92 Å². The Labute approximate surface area is 134 Å². The lowest BCUT2D eigenvalue weighted by Crippen LogP contribution is -2.47. The predicted octanol–water partition coefficient (Wildman–Crippen LogP) is 3.05. The molecule has 0 aromatic carbocycles. The largest absolute Gasteiger partial charge is 0.295 e. The summed E-state index contributed by atoms with van der Waals surface area (Å²) in [5, 5.41) is 0. The van der Waals surface area contributed by atoms with E-state index in [1.807, 2.05) is 34.6 Å². The smallest absolute Gasteiger partial charge is 0.251 e. The third-order valence-corrected chi connectivity index (χ3v) is 5.80. The maximum atomic E-state index is 12.7. The van der Waals surface area contributed by atoms with Crippen molar-refractivity contribution in [3.05, 3.63) is 0 Å². The van der Waals surface area contributed by atoms with Crippen LogP contribution in [0.3, 0.4) is 0 Å². The lowest BCUT2D eigenvalue weighted by molar-refractivity contribution is 0.0572. The molecule has 0 aliphatic carbocycles. The first kappa shape index (κ1) is 21.7. The van der Waals surface area contributed by atoms with Crippen molar-refractivity contribution < 1.29 is 17.2 Å². The Hall–Kier alpha value is -0.270. The molecule has 0 radical (unpaired) electrons. The third kappa shape index (κ3) is 7.33. The van der Waals surface area contributed by atoms with Gasteiger partial charge in [-0.3, -0.25) is 4.90 Å². The van der Waals surface area contributed by atoms with Crippen molar-refractivity contribution in [2.45, 2.75) is 65.5 Å². The summed E-state index contributed by atoms with van der Waals surface area (Å²) in [6, 6.07) is 0.0406. The molecule has 0 saturated heterocycles. The minimum atomic E-state index is -3.28. The molecule has 0 aliphatic heterocycles. The van der Waals surface area contributed by atoms with Gasteiger partial charge in [0.15, 0.2) is 0 Å². The van der Waals surface area contributed by atoms with E-state index in [1.54, 1.807) is 11.9 Å². The fourth-order valence-corrected chi connectivity index (χ4v) is 3.60. The summed E-state index contributed by atoms with van der Waals surface area (Å²) in [5.74, 6) is 0.167. The SMILES string of the molecule is CCC(CN(CC(F)F)C(C)C)CC(C)(C)N(C)S(C)(=O)=O. The van der Waals surface area contributed by atoms with Gasteiger partial charge in [0.2, 0.25) is 10.0 Å². The molecule has 0 spiro atoms. The quantitative estimate of drug-likeness (QED) is 0.613. The molecule has 1 atom stereocenters. The molecule has 0 fully saturated rings. The standard InChI is InChI=1S/C15H32F2N2O2S/c1-8-13(10-19(12(2)3)11-14(16)17)9-15(4,5)18(6)22(7,20)21/h12-14H,8-11H2,1-7H3. The molecule has 1 unspecified atom stereocenters. The summed E-state index contributed by atoms with van der Waals surface area (Å²) in [7, 11) is -1.71. The normalized spacial score (nSPS) is 15.3. The number of hydrogen-bond donors (Lipinski definition) is 0. The molecule has 134 valence electrons. The Bertz CT molecular complexity index is 425. The van der Waals surface area contributed by atoms with E-state index >= 15 is 0 Å². The molecule has 0 aliphatic rings. The number of halogens is 2.